The van der Waals surface area contributed by atoms with Gasteiger partial charge in [0.05, 0.1) is 17.8 Å². The van der Waals surface area contributed by atoms with Crippen molar-refractivity contribution in [3.63, 3.8) is 0 Å². The van der Waals surface area contributed by atoms with Crippen LogP contribution in [0.5, 0.6) is 0 Å². The number of benzene rings is 1. The number of fused-ring (bicyclic) bond motifs is 1. The molecule has 2 saturated heterocycles. The summed E-state index contributed by atoms with van der Waals surface area (Å²) in [6.07, 6.45) is 6.42. The molecular formula is C23H27F2N5O. The maximum atomic E-state index is 14.2. The van der Waals surface area contributed by atoms with Crippen molar-refractivity contribution >= 4 is 17.7 Å². The highest BCUT2D eigenvalue weighted by Gasteiger charge is 2.31. The van der Waals surface area contributed by atoms with Crippen LogP contribution in [0.1, 0.15) is 53.7 Å². The van der Waals surface area contributed by atoms with Gasteiger partial charge in [0, 0.05) is 50.8 Å². The van der Waals surface area contributed by atoms with Crippen molar-refractivity contribution in [1.29, 1.82) is 0 Å². The average Bonchev–Trinajstić information content (AvgIpc) is 3.33. The van der Waals surface area contributed by atoms with E-state index >= 15 is 0 Å². The summed E-state index contributed by atoms with van der Waals surface area (Å²) in [7, 11) is 0. The van der Waals surface area contributed by atoms with Crippen molar-refractivity contribution in [2.45, 2.75) is 45.1 Å². The minimum atomic E-state index is -0.827. The van der Waals surface area contributed by atoms with Gasteiger partial charge in [0.25, 0.3) is 5.91 Å². The summed E-state index contributed by atoms with van der Waals surface area (Å²) >= 11 is 0. The van der Waals surface area contributed by atoms with Gasteiger partial charge < -0.3 is 14.7 Å². The lowest BCUT2D eigenvalue weighted by Gasteiger charge is -2.34. The molecule has 2 aromatic rings. The van der Waals surface area contributed by atoms with E-state index in [0.717, 1.165) is 87.0 Å². The van der Waals surface area contributed by atoms with Gasteiger partial charge >= 0.3 is 0 Å². The molecule has 1 aromatic carbocycles. The van der Waals surface area contributed by atoms with E-state index in [2.05, 4.69) is 9.80 Å². The van der Waals surface area contributed by atoms with E-state index in [1.165, 1.54) is 12.5 Å². The molecule has 5 rings (SSSR count). The third-order valence-corrected chi connectivity index (χ3v) is 6.52. The first-order valence-corrected chi connectivity index (χ1v) is 11.2. The number of amides is 1. The zero-order chi connectivity index (χ0) is 21.4. The van der Waals surface area contributed by atoms with Gasteiger partial charge in [0.2, 0.25) is 5.95 Å². The maximum Gasteiger partial charge on any atom is 0.257 e. The molecule has 3 aliphatic rings. The lowest BCUT2D eigenvalue weighted by molar-refractivity contribution is 0.0729. The SMILES string of the molecule is O=C(c1ccc(F)cc1F)N1CCc2nc(N3CCCCC3)nc(N3CCCC3)c2C1. The minimum Gasteiger partial charge on any atom is -0.356 e. The molecule has 31 heavy (non-hydrogen) atoms. The summed E-state index contributed by atoms with van der Waals surface area (Å²) in [5.74, 6) is -0.222. The third kappa shape index (κ3) is 3.95. The third-order valence-electron chi connectivity index (χ3n) is 6.52. The normalized spacial score (nSPS) is 19.0. The van der Waals surface area contributed by atoms with Crippen LogP contribution >= 0.6 is 0 Å². The molecule has 164 valence electrons. The molecule has 6 nitrogen and oxygen atoms in total. The summed E-state index contributed by atoms with van der Waals surface area (Å²) in [6, 6.07) is 3.10. The maximum absolute atomic E-state index is 14.2. The zero-order valence-corrected chi connectivity index (χ0v) is 17.6. The fourth-order valence-electron chi connectivity index (χ4n) is 4.82. The highest BCUT2D eigenvalue weighted by atomic mass is 19.1. The van der Waals surface area contributed by atoms with Crippen molar-refractivity contribution in [2.75, 3.05) is 42.5 Å². The standard InChI is InChI=1S/C23H27F2N5O/c24-16-6-7-17(19(25)14-16)22(31)30-13-8-20-18(15-30)21(28-9-4-5-10-28)27-23(26-20)29-11-2-1-3-12-29/h6-7,14H,1-5,8-13,15H2. The van der Waals surface area contributed by atoms with Crippen LogP contribution in [0.2, 0.25) is 0 Å². The molecule has 1 amide bonds. The van der Waals surface area contributed by atoms with Crippen LogP contribution in [0, 0.1) is 11.6 Å². The van der Waals surface area contributed by atoms with E-state index in [1.807, 2.05) is 0 Å². The molecule has 4 heterocycles. The van der Waals surface area contributed by atoms with Crippen molar-refractivity contribution < 1.29 is 13.6 Å². The first kappa shape index (κ1) is 20.2. The zero-order valence-electron chi connectivity index (χ0n) is 17.6. The Hall–Kier alpha value is -2.77. The number of halogens is 2. The Kier molecular flexibility index (Phi) is 5.46. The topological polar surface area (TPSA) is 52.6 Å². The van der Waals surface area contributed by atoms with Gasteiger partial charge in [-0.3, -0.25) is 4.79 Å². The molecule has 0 aliphatic carbocycles. The molecule has 1 aromatic heterocycles. The van der Waals surface area contributed by atoms with E-state index in [1.54, 1.807) is 4.90 Å². The predicted molar refractivity (Wildman–Crippen MR) is 114 cm³/mol. The van der Waals surface area contributed by atoms with Crippen LogP contribution in [-0.2, 0) is 13.0 Å². The number of rotatable bonds is 3. The molecule has 0 bridgehead atoms. The number of hydrogen-bond donors (Lipinski definition) is 0. The van der Waals surface area contributed by atoms with E-state index in [4.69, 9.17) is 9.97 Å². The molecule has 0 atom stereocenters. The Morgan fingerprint density at radius 3 is 2.32 bits per heavy atom. The number of carbonyl (C=O) groups is 1. The van der Waals surface area contributed by atoms with Gasteiger partial charge in [-0.05, 0) is 44.2 Å². The molecule has 0 saturated carbocycles. The van der Waals surface area contributed by atoms with Gasteiger partial charge in [0.15, 0.2) is 0 Å². The molecule has 2 fully saturated rings. The first-order valence-electron chi connectivity index (χ1n) is 11.2. The highest BCUT2D eigenvalue weighted by Crippen LogP contribution is 2.32. The summed E-state index contributed by atoms with van der Waals surface area (Å²) in [6.45, 7) is 4.65. The van der Waals surface area contributed by atoms with E-state index in [9.17, 15) is 13.6 Å². The smallest absolute Gasteiger partial charge is 0.257 e. The summed E-state index contributed by atoms with van der Waals surface area (Å²) < 4.78 is 27.5. The summed E-state index contributed by atoms with van der Waals surface area (Å²) in [4.78, 5) is 29.0. The van der Waals surface area contributed by atoms with Crippen molar-refractivity contribution in [3.05, 3.63) is 46.7 Å². The molecule has 0 spiro atoms. The molecular weight excluding hydrogens is 400 g/mol. The Balaban J connectivity index is 1.47. The van der Waals surface area contributed by atoms with Crippen LogP contribution in [0.15, 0.2) is 18.2 Å². The Labute approximate surface area is 180 Å². The predicted octanol–water partition coefficient (Wildman–Crippen LogP) is 3.54. The number of carbonyl (C=O) groups excluding carboxylic acids is 1. The first-order chi connectivity index (χ1) is 15.1. The second kappa shape index (κ2) is 8.40. The monoisotopic (exact) mass is 427 g/mol. The van der Waals surface area contributed by atoms with Gasteiger partial charge in [0.1, 0.15) is 17.5 Å². The molecule has 3 aliphatic heterocycles. The number of nitrogens with zero attached hydrogens (tertiary/aromatic N) is 5. The fourth-order valence-corrected chi connectivity index (χ4v) is 4.82. The van der Waals surface area contributed by atoms with E-state index in [0.29, 0.717) is 19.5 Å². The van der Waals surface area contributed by atoms with Gasteiger partial charge in [-0.25, -0.2) is 13.8 Å². The number of anilines is 2. The average molecular weight is 427 g/mol. The number of aromatic nitrogens is 2. The summed E-state index contributed by atoms with van der Waals surface area (Å²) in [5, 5.41) is 0. The van der Waals surface area contributed by atoms with Gasteiger partial charge in [-0.2, -0.15) is 4.98 Å². The van der Waals surface area contributed by atoms with Gasteiger partial charge in [-0.1, -0.05) is 0 Å². The van der Waals surface area contributed by atoms with E-state index < -0.39 is 17.5 Å². The van der Waals surface area contributed by atoms with Crippen LogP contribution in [0.4, 0.5) is 20.5 Å². The lowest BCUT2D eigenvalue weighted by atomic mass is 10.0. The Morgan fingerprint density at radius 2 is 1.58 bits per heavy atom. The lowest BCUT2D eigenvalue weighted by Crippen LogP contribution is -2.39. The Morgan fingerprint density at radius 1 is 0.871 bits per heavy atom. The minimum absolute atomic E-state index is 0.0987. The molecule has 0 N–H and O–H groups in total. The molecule has 8 heteroatoms. The second-order valence-corrected chi connectivity index (χ2v) is 8.62. The molecule has 0 unspecified atom stereocenters. The quantitative estimate of drug-likeness (QED) is 0.750. The van der Waals surface area contributed by atoms with Crippen molar-refractivity contribution in [1.82, 2.24) is 14.9 Å². The largest absolute Gasteiger partial charge is 0.356 e. The van der Waals surface area contributed by atoms with Crippen LogP contribution < -0.4 is 9.80 Å². The van der Waals surface area contributed by atoms with Crippen LogP contribution in [-0.4, -0.2) is 53.5 Å². The second-order valence-electron chi connectivity index (χ2n) is 8.62. The van der Waals surface area contributed by atoms with Crippen molar-refractivity contribution in [3.8, 4) is 0 Å². The van der Waals surface area contributed by atoms with Crippen LogP contribution in [0.3, 0.4) is 0 Å². The van der Waals surface area contributed by atoms with Gasteiger partial charge in [-0.15, -0.1) is 0 Å². The Bertz CT molecular complexity index is 986. The summed E-state index contributed by atoms with van der Waals surface area (Å²) in [5.41, 5.74) is 1.85. The fraction of sp³-hybridized carbons (Fsp3) is 0.522. The highest BCUT2D eigenvalue weighted by molar-refractivity contribution is 5.94. The van der Waals surface area contributed by atoms with E-state index in [-0.39, 0.29) is 5.56 Å². The van der Waals surface area contributed by atoms with Crippen LogP contribution in [0.25, 0.3) is 0 Å². The number of piperidine rings is 1. The number of hydrogen-bond acceptors (Lipinski definition) is 5. The van der Waals surface area contributed by atoms with Crippen molar-refractivity contribution in [2.24, 2.45) is 0 Å². The molecule has 0 radical (unpaired) electrons.